The highest BCUT2D eigenvalue weighted by Gasteiger charge is 2.31. The van der Waals surface area contributed by atoms with Crippen molar-refractivity contribution in [1.82, 2.24) is 15.2 Å². The molecule has 3 rings (SSSR count). The molecule has 1 saturated heterocycles. The molecule has 2 amide bonds. The third-order valence-corrected chi connectivity index (χ3v) is 5.37. The Kier molecular flexibility index (Phi) is 7.41. The Morgan fingerprint density at radius 1 is 1.09 bits per heavy atom. The van der Waals surface area contributed by atoms with Crippen LogP contribution in [0.4, 0.5) is 18.9 Å². The lowest BCUT2D eigenvalue weighted by Crippen LogP contribution is -2.46. The molecule has 2 N–H and O–H groups in total. The maximum Gasteiger partial charge on any atom is 0.417 e. The number of halogens is 3. The van der Waals surface area contributed by atoms with Gasteiger partial charge in [0.15, 0.2) is 0 Å². The molecule has 1 aliphatic heterocycles. The number of aromatic nitrogens is 1. The first-order valence-electron chi connectivity index (χ1n) is 10.9. The van der Waals surface area contributed by atoms with Crippen LogP contribution in [-0.4, -0.2) is 40.3 Å². The number of carbonyl (C=O) groups excluding carboxylic acids is 2. The second-order valence-corrected chi connectivity index (χ2v) is 9.37. The Balaban J connectivity index is 1.54. The molecule has 1 aliphatic rings. The third kappa shape index (κ3) is 7.28. The summed E-state index contributed by atoms with van der Waals surface area (Å²) in [6, 6.07) is 9.21. The van der Waals surface area contributed by atoms with Crippen LogP contribution in [-0.2, 0) is 17.5 Å². The molecule has 1 aromatic heterocycles. The maximum absolute atomic E-state index is 12.7. The van der Waals surface area contributed by atoms with Crippen molar-refractivity contribution < 1.29 is 22.8 Å². The van der Waals surface area contributed by atoms with Crippen molar-refractivity contribution in [3.8, 4) is 0 Å². The van der Waals surface area contributed by atoms with E-state index in [9.17, 15) is 22.8 Å². The van der Waals surface area contributed by atoms with Gasteiger partial charge in [-0.05, 0) is 76.5 Å². The molecular weight excluding hydrogens is 433 g/mol. The van der Waals surface area contributed by atoms with Crippen molar-refractivity contribution in [2.24, 2.45) is 5.92 Å². The zero-order valence-electron chi connectivity index (χ0n) is 19.0. The van der Waals surface area contributed by atoms with Crippen LogP contribution in [0.25, 0.3) is 0 Å². The van der Waals surface area contributed by atoms with Gasteiger partial charge < -0.3 is 10.6 Å². The number of hydrogen-bond donors (Lipinski definition) is 2. The van der Waals surface area contributed by atoms with Crippen molar-refractivity contribution in [3.63, 3.8) is 0 Å². The summed E-state index contributed by atoms with van der Waals surface area (Å²) in [4.78, 5) is 30.6. The second-order valence-electron chi connectivity index (χ2n) is 9.37. The van der Waals surface area contributed by atoms with Crippen LogP contribution >= 0.6 is 0 Å². The Labute approximate surface area is 191 Å². The number of carbonyl (C=O) groups is 2. The highest BCUT2D eigenvalue weighted by Crippen LogP contribution is 2.28. The van der Waals surface area contributed by atoms with Gasteiger partial charge in [0.05, 0.1) is 5.56 Å². The van der Waals surface area contributed by atoms with Crippen LogP contribution in [0, 0.1) is 5.92 Å². The van der Waals surface area contributed by atoms with Gasteiger partial charge in [-0.3, -0.25) is 19.5 Å². The Hall–Kier alpha value is -2.94. The summed E-state index contributed by atoms with van der Waals surface area (Å²) < 4.78 is 38.0. The minimum absolute atomic E-state index is 0.0160. The number of hydrogen-bond acceptors (Lipinski definition) is 4. The van der Waals surface area contributed by atoms with Crippen molar-refractivity contribution in [3.05, 3.63) is 59.4 Å². The van der Waals surface area contributed by atoms with E-state index in [1.807, 2.05) is 39.0 Å². The standard InChI is InChI=1S/C24H29F3N4O2/c1-23(2,3)30-21(32)17-9-11-31(12-10-17)15-16-5-4-6-19(13-16)29-22(33)20-8-7-18(14-28-20)24(25,26)27/h4-8,13-14,17H,9-12,15H2,1-3H3,(H,29,33)(H,30,32). The van der Waals surface area contributed by atoms with Gasteiger partial charge in [-0.25, -0.2) is 0 Å². The fraction of sp³-hybridized carbons (Fsp3) is 0.458. The van der Waals surface area contributed by atoms with E-state index in [0.717, 1.165) is 43.6 Å². The average Bonchev–Trinajstić information content (AvgIpc) is 2.73. The van der Waals surface area contributed by atoms with Gasteiger partial charge in [0.2, 0.25) is 5.91 Å². The number of alkyl halides is 3. The summed E-state index contributed by atoms with van der Waals surface area (Å²) in [7, 11) is 0. The molecule has 0 aliphatic carbocycles. The Morgan fingerprint density at radius 3 is 2.36 bits per heavy atom. The van der Waals surface area contributed by atoms with E-state index in [4.69, 9.17) is 0 Å². The molecule has 0 unspecified atom stereocenters. The molecule has 0 radical (unpaired) electrons. The molecule has 9 heteroatoms. The first kappa shape index (κ1) is 24.7. The summed E-state index contributed by atoms with van der Waals surface area (Å²) in [5, 5.41) is 5.73. The van der Waals surface area contributed by atoms with Gasteiger partial charge in [-0.15, -0.1) is 0 Å². The zero-order chi connectivity index (χ0) is 24.2. The number of pyridine rings is 1. The summed E-state index contributed by atoms with van der Waals surface area (Å²) >= 11 is 0. The van der Waals surface area contributed by atoms with Crippen LogP contribution in [0.15, 0.2) is 42.6 Å². The van der Waals surface area contributed by atoms with Gasteiger partial charge in [-0.1, -0.05) is 12.1 Å². The highest BCUT2D eigenvalue weighted by atomic mass is 19.4. The van der Waals surface area contributed by atoms with Crippen molar-refractivity contribution in [1.29, 1.82) is 0 Å². The molecular formula is C24H29F3N4O2. The largest absolute Gasteiger partial charge is 0.417 e. The smallest absolute Gasteiger partial charge is 0.351 e. The first-order chi connectivity index (χ1) is 15.4. The van der Waals surface area contributed by atoms with Crippen molar-refractivity contribution in [2.45, 2.75) is 51.9 Å². The molecule has 1 aromatic carbocycles. The number of nitrogens with one attached hydrogen (secondary N) is 2. The minimum atomic E-state index is -4.50. The molecule has 33 heavy (non-hydrogen) atoms. The molecule has 0 spiro atoms. The predicted octanol–water partition coefficient (Wildman–Crippen LogP) is 4.48. The van der Waals surface area contributed by atoms with Gasteiger partial charge in [0, 0.05) is 29.9 Å². The van der Waals surface area contributed by atoms with Crippen LogP contribution < -0.4 is 10.6 Å². The van der Waals surface area contributed by atoms with Crippen molar-refractivity contribution in [2.75, 3.05) is 18.4 Å². The van der Waals surface area contributed by atoms with E-state index in [2.05, 4.69) is 20.5 Å². The molecule has 0 saturated carbocycles. The summed E-state index contributed by atoms with van der Waals surface area (Å²) in [6.07, 6.45) is -2.27. The zero-order valence-corrected chi connectivity index (χ0v) is 19.0. The summed E-state index contributed by atoms with van der Waals surface area (Å²) in [5.74, 6) is -0.461. The van der Waals surface area contributed by atoms with E-state index < -0.39 is 17.6 Å². The monoisotopic (exact) mass is 462 g/mol. The van der Waals surface area contributed by atoms with Crippen molar-refractivity contribution >= 4 is 17.5 Å². The van der Waals surface area contributed by atoms with E-state index in [1.54, 1.807) is 6.07 Å². The number of benzene rings is 1. The van der Waals surface area contributed by atoms with Crippen LogP contribution in [0.5, 0.6) is 0 Å². The molecule has 1 fully saturated rings. The first-order valence-corrected chi connectivity index (χ1v) is 10.9. The third-order valence-electron chi connectivity index (χ3n) is 5.37. The summed E-state index contributed by atoms with van der Waals surface area (Å²) in [5.41, 5.74) is 0.295. The Morgan fingerprint density at radius 2 is 1.79 bits per heavy atom. The van der Waals surface area contributed by atoms with Crippen LogP contribution in [0.2, 0.25) is 0 Å². The molecule has 0 atom stereocenters. The highest BCUT2D eigenvalue weighted by molar-refractivity contribution is 6.02. The number of nitrogens with zero attached hydrogens (tertiary/aromatic N) is 2. The quantitative estimate of drug-likeness (QED) is 0.687. The molecule has 6 nitrogen and oxygen atoms in total. The van der Waals surface area contributed by atoms with Gasteiger partial charge in [0.1, 0.15) is 5.69 Å². The predicted molar refractivity (Wildman–Crippen MR) is 120 cm³/mol. The second kappa shape index (κ2) is 9.91. The van der Waals surface area contributed by atoms with Gasteiger partial charge in [-0.2, -0.15) is 13.2 Å². The maximum atomic E-state index is 12.7. The number of likely N-dealkylation sites (tertiary alicyclic amines) is 1. The molecule has 2 aromatic rings. The lowest BCUT2D eigenvalue weighted by Gasteiger charge is -2.33. The number of rotatable bonds is 5. The number of piperidine rings is 1. The fourth-order valence-corrected chi connectivity index (χ4v) is 3.72. The SMILES string of the molecule is CC(C)(C)NC(=O)C1CCN(Cc2cccc(NC(=O)c3ccc(C(F)(F)F)cn3)c2)CC1. The molecule has 0 bridgehead atoms. The van der Waals surface area contributed by atoms with E-state index in [1.165, 1.54) is 0 Å². The summed E-state index contributed by atoms with van der Waals surface area (Å²) in [6.45, 7) is 8.19. The van der Waals surface area contributed by atoms with Crippen LogP contribution in [0.3, 0.4) is 0 Å². The number of anilines is 1. The van der Waals surface area contributed by atoms with Crippen LogP contribution in [0.1, 0.15) is 55.2 Å². The lowest BCUT2D eigenvalue weighted by molar-refractivity contribution is -0.137. The van der Waals surface area contributed by atoms with E-state index in [-0.39, 0.29) is 23.1 Å². The van der Waals surface area contributed by atoms with E-state index in [0.29, 0.717) is 18.4 Å². The van der Waals surface area contributed by atoms with E-state index >= 15 is 0 Å². The Bertz CT molecular complexity index is 976. The fourth-order valence-electron chi connectivity index (χ4n) is 3.72. The normalized spacial score (nSPS) is 15.8. The molecule has 2 heterocycles. The van der Waals surface area contributed by atoms with Gasteiger partial charge >= 0.3 is 6.18 Å². The average molecular weight is 463 g/mol. The minimum Gasteiger partial charge on any atom is -0.351 e. The lowest BCUT2D eigenvalue weighted by atomic mass is 9.94. The topological polar surface area (TPSA) is 74.3 Å². The number of amides is 2. The van der Waals surface area contributed by atoms with Gasteiger partial charge in [0.25, 0.3) is 5.91 Å². The molecule has 178 valence electrons.